The fourth-order valence-electron chi connectivity index (χ4n) is 0.887. The summed E-state index contributed by atoms with van der Waals surface area (Å²) in [7, 11) is 0. The molecule has 0 aliphatic carbocycles. The van der Waals surface area contributed by atoms with Gasteiger partial charge in [-0.05, 0) is 12.1 Å². The van der Waals surface area contributed by atoms with Gasteiger partial charge >= 0.3 is 0 Å². The lowest BCUT2D eigenvalue weighted by molar-refractivity contribution is -0.0519. The largest absolute Gasteiger partial charge is 0.493 e. The molecule has 0 bridgehead atoms. The van der Waals surface area contributed by atoms with Crippen molar-refractivity contribution in [1.82, 2.24) is 0 Å². The van der Waals surface area contributed by atoms with Gasteiger partial charge in [0.1, 0.15) is 5.75 Å². The number of anilines is 1. The van der Waals surface area contributed by atoms with Crippen molar-refractivity contribution >= 4 is 5.69 Å². The molecule has 0 unspecified atom stereocenters. The van der Waals surface area contributed by atoms with Crippen molar-refractivity contribution in [3.8, 4) is 5.75 Å². The molecule has 4 nitrogen and oxygen atoms in total. The molecule has 0 atom stereocenters. The van der Waals surface area contributed by atoms with Crippen LogP contribution in [0, 0.1) is 0 Å². The molecule has 1 aromatic rings. The van der Waals surface area contributed by atoms with Gasteiger partial charge < -0.3 is 20.7 Å². The van der Waals surface area contributed by atoms with Gasteiger partial charge in [-0.25, -0.2) is 0 Å². The molecule has 0 radical (unpaired) electrons. The van der Waals surface area contributed by atoms with E-state index in [2.05, 4.69) is 0 Å². The van der Waals surface area contributed by atoms with E-state index in [-0.39, 0.29) is 13.0 Å². The normalized spacial score (nSPS) is 10.4. The van der Waals surface area contributed by atoms with Crippen molar-refractivity contribution in [2.45, 2.75) is 12.7 Å². The first-order chi connectivity index (χ1) is 6.18. The summed E-state index contributed by atoms with van der Waals surface area (Å²) in [5.74, 6) is 0.639. The number of aliphatic hydroxyl groups excluding tert-OH is 1. The topological polar surface area (TPSA) is 75.7 Å². The highest BCUT2D eigenvalue weighted by molar-refractivity contribution is 5.43. The number of aliphatic hydroxyl groups is 2. The highest BCUT2D eigenvalue weighted by Crippen LogP contribution is 2.14. The van der Waals surface area contributed by atoms with Crippen LogP contribution in [-0.4, -0.2) is 23.1 Å². The van der Waals surface area contributed by atoms with E-state index in [0.29, 0.717) is 11.4 Å². The first-order valence-corrected chi connectivity index (χ1v) is 4.03. The summed E-state index contributed by atoms with van der Waals surface area (Å²) in [6, 6.07) is 6.98. The Labute approximate surface area is 76.6 Å². The van der Waals surface area contributed by atoms with Crippen molar-refractivity contribution in [2.75, 3.05) is 12.3 Å². The molecule has 13 heavy (non-hydrogen) atoms. The average molecular weight is 183 g/mol. The number of rotatable bonds is 4. The van der Waals surface area contributed by atoms with Crippen molar-refractivity contribution in [1.29, 1.82) is 0 Å². The van der Waals surface area contributed by atoms with E-state index in [0.717, 1.165) is 0 Å². The van der Waals surface area contributed by atoms with Crippen LogP contribution >= 0.6 is 0 Å². The number of benzene rings is 1. The van der Waals surface area contributed by atoms with E-state index in [9.17, 15) is 0 Å². The smallest absolute Gasteiger partial charge is 0.154 e. The van der Waals surface area contributed by atoms with Gasteiger partial charge in [0.15, 0.2) is 6.29 Å². The van der Waals surface area contributed by atoms with Crippen LogP contribution < -0.4 is 10.5 Å². The molecular formula is C9H13NO3. The zero-order chi connectivity index (χ0) is 9.68. The SMILES string of the molecule is Nc1cccc(OCCC(O)O)c1. The van der Waals surface area contributed by atoms with Crippen LogP contribution in [0.15, 0.2) is 24.3 Å². The van der Waals surface area contributed by atoms with Gasteiger partial charge in [-0.1, -0.05) is 6.07 Å². The quantitative estimate of drug-likeness (QED) is 0.465. The maximum absolute atomic E-state index is 8.54. The van der Waals surface area contributed by atoms with Gasteiger partial charge in [0.2, 0.25) is 0 Å². The van der Waals surface area contributed by atoms with E-state index in [1.807, 2.05) is 0 Å². The van der Waals surface area contributed by atoms with Crippen LogP contribution in [0.25, 0.3) is 0 Å². The predicted octanol–water partition coefficient (Wildman–Crippen LogP) is 0.348. The van der Waals surface area contributed by atoms with Crippen molar-refractivity contribution in [2.24, 2.45) is 0 Å². The van der Waals surface area contributed by atoms with Crippen LogP contribution in [-0.2, 0) is 0 Å². The van der Waals surface area contributed by atoms with Gasteiger partial charge in [-0.15, -0.1) is 0 Å². The van der Waals surface area contributed by atoms with E-state index in [1.54, 1.807) is 24.3 Å². The molecule has 1 aromatic carbocycles. The fraction of sp³-hybridized carbons (Fsp3) is 0.333. The Hall–Kier alpha value is -1.26. The second kappa shape index (κ2) is 4.69. The molecular weight excluding hydrogens is 170 g/mol. The van der Waals surface area contributed by atoms with Gasteiger partial charge in [-0.2, -0.15) is 0 Å². The second-order valence-corrected chi connectivity index (χ2v) is 2.69. The third kappa shape index (κ3) is 3.78. The van der Waals surface area contributed by atoms with E-state index >= 15 is 0 Å². The van der Waals surface area contributed by atoms with Crippen molar-refractivity contribution < 1.29 is 14.9 Å². The lowest BCUT2D eigenvalue weighted by Crippen LogP contribution is -2.10. The Morgan fingerprint density at radius 1 is 1.38 bits per heavy atom. The molecule has 4 N–H and O–H groups in total. The third-order valence-electron chi connectivity index (χ3n) is 1.50. The minimum absolute atomic E-state index is 0.189. The molecule has 1 rings (SSSR count). The molecule has 0 aromatic heterocycles. The number of nitrogens with two attached hydrogens (primary N) is 1. The van der Waals surface area contributed by atoms with Gasteiger partial charge in [0.25, 0.3) is 0 Å². The number of ether oxygens (including phenoxy) is 1. The summed E-state index contributed by atoms with van der Waals surface area (Å²) in [4.78, 5) is 0. The monoisotopic (exact) mass is 183 g/mol. The summed E-state index contributed by atoms with van der Waals surface area (Å²) in [6.45, 7) is 0.265. The van der Waals surface area contributed by atoms with Crippen LogP contribution in [0.5, 0.6) is 5.75 Å². The molecule has 0 aliphatic rings. The minimum atomic E-state index is -1.32. The summed E-state index contributed by atoms with van der Waals surface area (Å²) < 4.78 is 5.20. The van der Waals surface area contributed by atoms with Crippen LogP contribution in [0.1, 0.15) is 6.42 Å². The lowest BCUT2D eigenvalue weighted by Gasteiger charge is -2.07. The third-order valence-corrected chi connectivity index (χ3v) is 1.50. The standard InChI is InChI=1S/C9H13NO3/c10-7-2-1-3-8(6-7)13-5-4-9(11)12/h1-3,6,9,11-12H,4-5,10H2. The molecule has 0 fully saturated rings. The van der Waals surface area contributed by atoms with Gasteiger partial charge in [0, 0.05) is 18.2 Å². The van der Waals surface area contributed by atoms with Crippen LogP contribution in [0.3, 0.4) is 0 Å². The maximum atomic E-state index is 8.54. The van der Waals surface area contributed by atoms with Crippen molar-refractivity contribution in [3.05, 3.63) is 24.3 Å². The molecule has 4 heteroatoms. The Kier molecular flexibility index (Phi) is 3.54. The van der Waals surface area contributed by atoms with Crippen LogP contribution in [0.4, 0.5) is 5.69 Å². The summed E-state index contributed by atoms with van der Waals surface area (Å²) in [6.07, 6.45) is -1.13. The highest BCUT2D eigenvalue weighted by atomic mass is 16.5. The van der Waals surface area contributed by atoms with Crippen LogP contribution in [0.2, 0.25) is 0 Å². The molecule has 0 heterocycles. The zero-order valence-corrected chi connectivity index (χ0v) is 7.18. The molecule has 0 aliphatic heterocycles. The summed E-state index contributed by atoms with van der Waals surface area (Å²) in [5, 5.41) is 17.1. The molecule has 72 valence electrons. The number of nitrogen functional groups attached to an aromatic ring is 1. The molecule has 0 spiro atoms. The molecule has 0 amide bonds. The molecule has 0 saturated heterocycles. The number of hydrogen-bond donors (Lipinski definition) is 3. The maximum Gasteiger partial charge on any atom is 0.154 e. The van der Waals surface area contributed by atoms with Gasteiger partial charge in [-0.3, -0.25) is 0 Å². The lowest BCUT2D eigenvalue weighted by atomic mass is 10.3. The summed E-state index contributed by atoms with van der Waals surface area (Å²) >= 11 is 0. The first kappa shape index (κ1) is 9.83. The van der Waals surface area contributed by atoms with E-state index < -0.39 is 6.29 Å². The first-order valence-electron chi connectivity index (χ1n) is 4.03. The molecule has 0 saturated carbocycles. The Morgan fingerprint density at radius 3 is 2.77 bits per heavy atom. The average Bonchev–Trinajstić information content (AvgIpc) is 2.03. The summed E-state index contributed by atoms with van der Waals surface area (Å²) in [5.41, 5.74) is 6.14. The minimum Gasteiger partial charge on any atom is -0.493 e. The highest BCUT2D eigenvalue weighted by Gasteiger charge is 1.98. The Bertz CT molecular complexity index is 263. The Morgan fingerprint density at radius 2 is 2.15 bits per heavy atom. The van der Waals surface area contributed by atoms with Crippen molar-refractivity contribution in [3.63, 3.8) is 0 Å². The second-order valence-electron chi connectivity index (χ2n) is 2.69. The predicted molar refractivity (Wildman–Crippen MR) is 49.2 cm³/mol. The van der Waals surface area contributed by atoms with E-state index in [1.165, 1.54) is 0 Å². The fourth-order valence-corrected chi connectivity index (χ4v) is 0.887. The zero-order valence-electron chi connectivity index (χ0n) is 7.18. The van der Waals surface area contributed by atoms with Gasteiger partial charge in [0.05, 0.1) is 6.61 Å². The Balaban J connectivity index is 2.37. The van der Waals surface area contributed by atoms with E-state index in [4.69, 9.17) is 20.7 Å². The number of hydrogen-bond acceptors (Lipinski definition) is 4.